The van der Waals surface area contributed by atoms with Gasteiger partial charge in [-0.3, -0.25) is 0 Å². The van der Waals surface area contributed by atoms with Crippen LogP contribution in [-0.2, 0) is 11.2 Å². The highest BCUT2D eigenvalue weighted by atomic mass is 79.9. The van der Waals surface area contributed by atoms with E-state index in [1.165, 1.54) is 0 Å². The lowest BCUT2D eigenvalue weighted by Crippen LogP contribution is -2.12. The number of nitrogens with zero attached hydrogens (tertiary/aromatic N) is 2. The van der Waals surface area contributed by atoms with E-state index in [2.05, 4.69) is 47.0 Å². The molecule has 0 saturated carbocycles. The van der Waals surface area contributed by atoms with Crippen LogP contribution in [0.2, 0.25) is 0 Å². The standard InChI is InChI=1S/C14H22BrN3O/c1-4-16-14-12(15)13(9(2)3)17-11(18-14)7-10-5-6-19-8-10/h9-10H,4-8H2,1-3H3,(H,16,17,18). The molecule has 1 unspecified atom stereocenters. The molecule has 2 heterocycles. The number of aromatic nitrogens is 2. The molecule has 1 fully saturated rings. The van der Waals surface area contributed by atoms with E-state index in [-0.39, 0.29) is 0 Å². The average molecular weight is 328 g/mol. The van der Waals surface area contributed by atoms with E-state index < -0.39 is 0 Å². The number of ether oxygens (including phenoxy) is 1. The number of hydrogen-bond donors (Lipinski definition) is 1. The fraction of sp³-hybridized carbons (Fsp3) is 0.714. The van der Waals surface area contributed by atoms with Crippen LogP contribution in [0.1, 0.15) is 44.6 Å². The predicted octanol–water partition coefficient (Wildman–Crippen LogP) is 3.37. The van der Waals surface area contributed by atoms with Crippen LogP contribution < -0.4 is 5.32 Å². The second kappa shape index (κ2) is 6.66. The number of hydrogen-bond acceptors (Lipinski definition) is 4. The van der Waals surface area contributed by atoms with E-state index in [0.29, 0.717) is 11.8 Å². The first kappa shape index (κ1) is 14.7. The number of halogens is 1. The molecule has 0 aliphatic carbocycles. The van der Waals surface area contributed by atoms with Gasteiger partial charge < -0.3 is 10.1 Å². The van der Waals surface area contributed by atoms with E-state index >= 15 is 0 Å². The van der Waals surface area contributed by atoms with Crippen molar-refractivity contribution in [2.24, 2.45) is 5.92 Å². The summed E-state index contributed by atoms with van der Waals surface area (Å²) in [6, 6.07) is 0. The van der Waals surface area contributed by atoms with Gasteiger partial charge >= 0.3 is 0 Å². The zero-order valence-electron chi connectivity index (χ0n) is 11.9. The maximum Gasteiger partial charge on any atom is 0.144 e. The van der Waals surface area contributed by atoms with Gasteiger partial charge in [0.1, 0.15) is 11.6 Å². The number of anilines is 1. The van der Waals surface area contributed by atoms with Gasteiger partial charge in [-0.05, 0) is 41.1 Å². The molecule has 1 N–H and O–H groups in total. The third-order valence-corrected chi connectivity index (χ3v) is 4.09. The fourth-order valence-electron chi connectivity index (χ4n) is 2.27. The first-order chi connectivity index (χ1) is 9.11. The third-order valence-electron chi connectivity index (χ3n) is 3.31. The van der Waals surface area contributed by atoms with Gasteiger partial charge in [0, 0.05) is 26.2 Å². The first-order valence-electron chi connectivity index (χ1n) is 6.99. The van der Waals surface area contributed by atoms with Crippen molar-refractivity contribution in [1.82, 2.24) is 9.97 Å². The summed E-state index contributed by atoms with van der Waals surface area (Å²) >= 11 is 3.62. The Balaban J connectivity index is 2.26. The third kappa shape index (κ3) is 3.66. The van der Waals surface area contributed by atoms with E-state index in [9.17, 15) is 0 Å². The van der Waals surface area contributed by atoms with Crippen molar-refractivity contribution < 1.29 is 4.74 Å². The van der Waals surface area contributed by atoms with E-state index in [1.807, 2.05) is 0 Å². The topological polar surface area (TPSA) is 47.0 Å². The van der Waals surface area contributed by atoms with Crippen molar-refractivity contribution in [3.8, 4) is 0 Å². The van der Waals surface area contributed by atoms with Crippen LogP contribution in [0.25, 0.3) is 0 Å². The Morgan fingerprint density at radius 2 is 2.21 bits per heavy atom. The molecule has 2 rings (SSSR count). The summed E-state index contributed by atoms with van der Waals surface area (Å²) in [4.78, 5) is 9.37. The van der Waals surface area contributed by atoms with Crippen molar-refractivity contribution in [2.45, 2.75) is 39.5 Å². The normalized spacial score (nSPS) is 19.1. The van der Waals surface area contributed by atoms with Crippen LogP contribution in [0.4, 0.5) is 5.82 Å². The molecule has 0 bridgehead atoms. The smallest absolute Gasteiger partial charge is 0.144 e. The predicted molar refractivity (Wildman–Crippen MR) is 80.6 cm³/mol. The molecule has 106 valence electrons. The molecule has 1 atom stereocenters. The average Bonchev–Trinajstić information content (AvgIpc) is 2.86. The van der Waals surface area contributed by atoms with Crippen LogP contribution in [0, 0.1) is 5.92 Å². The van der Waals surface area contributed by atoms with Gasteiger partial charge in [0.15, 0.2) is 0 Å². The Bertz CT molecular complexity index is 431. The molecule has 1 aliphatic heterocycles. The van der Waals surface area contributed by atoms with Gasteiger partial charge in [-0.15, -0.1) is 0 Å². The molecular formula is C14H22BrN3O. The Kier molecular flexibility index (Phi) is 5.16. The van der Waals surface area contributed by atoms with Gasteiger partial charge in [-0.1, -0.05) is 13.8 Å². The second-order valence-electron chi connectivity index (χ2n) is 5.31. The van der Waals surface area contributed by atoms with Crippen LogP contribution in [-0.4, -0.2) is 29.7 Å². The molecule has 1 saturated heterocycles. The molecule has 4 nitrogen and oxygen atoms in total. The summed E-state index contributed by atoms with van der Waals surface area (Å²) in [7, 11) is 0. The molecule has 1 aromatic rings. The molecule has 0 spiro atoms. The van der Waals surface area contributed by atoms with Crippen molar-refractivity contribution in [2.75, 3.05) is 25.1 Å². The lowest BCUT2D eigenvalue weighted by molar-refractivity contribution is 0.185. The summed E-state index contributed by atoms with van der Waals surface area (Å²) in [6.45, 7) is 8.97. The van der Waals surface area contributed by atoms with Gasteiger partial charge in [0.2, 0.25) is 0 Å². The minimum Gasteiger partial charge on any atom is -0.381 e. The summed E-state index contributed by atoms with van der Waals surface area (Å²) in [5.74, 6) is 2.79. The van der Waals surface area contributed by atoms with Crippen LogP contribution in [0.5, 0.6) is 0 Å². The molecule has 0 amide bonds. The number of rotatable bonds is 5. The molecule has 1 aromatic heterocycles. The SMILES string of the molecule is CCNc1nc(CC2CCOC2)nc(C(C)C)c1Br. The van der Waals surface area contributed by atoms with Crippen molar-refractivity contribution in [3.05, 3.63) is 16.0 Å². The lowest BCUT2D eigenvalue weighted by Gasteiger charge is -2.15. The van der Waals surface area contributed by atoms with Gasteiger partial charge in [0.05, 0.1) is 10.2 Å². The van der Waals surface area contributed by atoms with Crippen molar-refractivity contribution in [1.29, 1.82) is 0 Å². The first-order valence-corrected chi connectivity index (χ1v) is 7.79. The number of nitrogens with one attached hydrogen (secondary N) is 1. The van der Waals surface area contributed by atoms with Crippen molar-refractivity contribution >= 4 is 21.7 Å². The largest absolute Gasteiger partial charge is 0.381 e. The summed E-state index contributed by atoms with van der Waals surface area (Å²) < 4.78 is 6.42. The second-order valence-corrected chi connectivity index (χ2v) is 6.10. The maximum atomic E-state index is 5.43. The minimum atomic E-state index is 0.383. The molecule has 5 heteroatoms. The highest BCUT2D eigenvalue weighted by Crippen LogP contribution is 2.29. The monoisotopic (exact) mass is 327 g/mol. The highest BCUT2D eigenvalue weighted by Gasteiger charge is 2.20. The van der Waals surface area contributed by atoms with Crippen LogP contribution >= 0.6 is 15.9 Å². The summed E-state index contributed by atoms with van der Waals surface area (Å²) in [5.41, 5.74) is 1.08. The Hall–Kier alpha value is -0.680. The van der Waals surface area contributed by atoms with Crippen LogP contribution in [0.3, 0.4) is 0 Å². The van der Waals surface area contributed by atoms with E-state index in [1.54, 1.807) is 0 Å². The molecule has 0 radical (unpaired) electrons. The Morgan fingerprint density at radius 1 is 1.42 bits per heavy atom. The lowest BCUT2D eigenvalue weighted by atomic mass is 10.0. The Labute approximate surface area is 123 Å². The maximum absolute atomic E-state index is 5.43. The zero-order valence-corrected chi connectivity index (χ0v) is 13.5. The molecular weight excluding hydrogens is 306 g/mol. The van der Waals surface area contributed by atoms with Crippen LogP contribution in [0.15, 0.2) is 4.47 Å². The molecule has 19 heavy (non-hydrogen) atoms. The molecule has 1 aliphatic rings. The van der Waals surface area contributed by atoms with Gasteiger partial charge in [-0.2, -0.15) is 0 Å². The minimum absolute atomic E-state index is 0.383. The molecule has 0 aromatic carbocycles. The van der Waals surface area contributed by atoms with Gasteiger partial charge in [-0.25, -0.2) is 9.97 Å². The zero-order chi connectivity index (χ0) is 13.8. The van der Waals surface area contributed by atoms with E-state index in [4.69, 9.17) is 9.72 Å². The van der Waals surface area contributed by atoms with Crippen molar-refractivity contribution in [3.63, 3.8) is 0 Å². The fourth-order valence-corrected chi connectivity index (χ4v) is 3.05. The summed E-state index contributed by atoms with van der Waals surface area (Å²) in [5, 5.41) is 3.31. The quantitative estimate of drug-likeness (QED) is 0.900. The highest BCUT2D eigenvalue weighted by molar-refractivity contribution is 9.10. The van der Waals surface area contributed by atoms with Gasteiger partial charge in [0.25, 0.3) is 0 Å². The summed E-state index contributed by atoms with van der Waals surface area (Å²) in [6.07, 6.45) is 2.03. The Morgan fingerprint density at radius 3 is 2.79 bits per heavy atom. The van der Waals surface area contributed by atoms with E-state index in [0.717, 1.165) is 54.4 Å².